The van der Waals surface area contributed by atoms with E-state index in [1.54, 1.807) is 0 Å². The van der Waals surface area contributed by atoms with E-state index in [0.29, 0.717) is 11.4 Å². The molecule has 0 aromatic heterocycles. The molecule has 0 spiro atoms. The van der Waals surface area contributed by atoms with Crippen molar-refractivity contribution >= 4 is 23.1 Å². The Kier molecular flexibility index (Phi) is 5.63. The molecule has 0 fully saturated rings. The van der Waals surface area contributed by atoms with Gasteiger partial charge in [-0.15, -0.1) is 0 Å². The summed E-state index contributed by atoms with van der Waals surface area (Å²) in [5.41, 5.74) is 6.57. The number of benzene rings is 1. The van der Waals surface area contributed by atoms with Crippen molar-refractivity contribution in [1.82, 2.24) is 5.32 Å². The molecule has 0 aliphatic rings. The summed E-state index contributed by atoms with van der Waals surface area (Å²) in [6.07, 6.45) is 2.09. The maximum atomic E-state index is 11.8. The van der Waals surface area contributed by atoms with Crippen LogP contribution in [0, 0.1) is 0 Å². The molecule has 0 aliphatic heterocycles. The Hall–Kier alpha value is -1.42. The molecule has 17 heavy (non-hydrogen) atoms. The lowest BCUT2D eigenvalue weighted by molar-refractivity contribution is -0.120. The third-order valence-corrected chi connectivity index (χ3v) is 2.75. The molecule has 1 rings (SSSR count). The first-order valence-corrected chi connectivity index (χ1v) is 6.17. The smallest absolute Gasteiger partial charge is 0.224 e. The molecular formula is C13H18N2OS. The summed E-state index contributed by atoms with van der Waals surface area (Å²) in [6.45, 7) is 2.04. The monoisotopic (exact) mass is 250 g/mol. The zero-order valence-electron chi connectivity index (χ0n) is 9.98. The Morgan fingerprint density at radius 2 is 2.06 bits per heavy atom. The zero-order chi connectivity index (χ0) is 12.7. The molecule has 1 atom stereocenters. The van der Waals surface area contributed by atoms with Gasteiger partial charge in [-0.2, -0.15) is 0 Å². The molecular weight excluding hydrogens is 232 g/mol. The first-order chi connectivity index (χ1) is 8.13. The van der Waals surface area contributed by atoms with Crippen LogP contribution in [0.2, 0.25) is 0 Å². The average molecular weight is 250 g/mol. The molecule has 0 heterocycles. The van der Waals surface area contributed by atoms with Gasteiger partial charge in [0.2, 0.25) is 5.91 Å². The molecule has 3 nitrogen and oxygen atoms in total. The lowest BCUT2D eigenvalue weighted by Crippen LogP contribution is -2.43. The first-order valence-electron chi connectivity index (χ1n) is 5.76. The molecule has 0 saturated heterocycles. The molecule has 1 amide bonds. The van der Waals surface area contributed by atoms with E-state index in [1.807, 2.05) is 37.3 Å². The number of nitrogens with two attached hydrogens (primary N) is 1. The van der Waals surface area contributed by atoms with Crippen molar-refractivity contribution in [3.63, 3.8) is 0 Å². The van der Waals surface area contributed by atoms with E-state index in [0.717, 1.165) is 18.4 Å². The van der Waals surface area contributed by atoms with Crippen molar-refractivity contribution in [2.24, 2.45) is 5.73 Å². The van der Waals surface area contributed by atoms with Gasteiger partial charge in [0, 0.05) is 0 Å². The van der Waals surface area contributed by atoms with Gasteiger partial charge in [-0.1, -0.05) is 55.9 Å². The fourth-order valence-corrected chi connectivity index (χ4v) is 1.78. The summed E-state index contributed by atoms with van der Waals surface area (Å²) in [7, 11) is 0. The molecule has 0 aliphatic carbocycles. The van der Waals surface area contributed by atoms with E-state index in [4.69, 9.17) is 18.0 Å². The van der Waals surface area contributed by atoms with Crippen molar-refractivity contribution < 1.29 is 4.79 Å². The quantitative estimate of drug-likeness (QED) is 0.757. The summed E-state index contributed by atoms with van der Waals surface area (Å²) in [6, 6.07) is 9.42. The van der Waals surface area contributed by atoms with E-state index in [-0.39, 0.29) is 11.9 Å². The number of carbonyl (C=O) groups is 1. The van der Waals surface area contributed by atoms with Crippen LogP contribution in [0.1, 0.15) is 25.3 Å². The average Bonchev–Trinajstić information content (AvgIpc) is 2.29. The third-order valence-electron chi connectivity index (χ3n) is 2.46. The van der Waals surface area contributed by atoms with E-state index in [2.05, 4.69) is 5.32 Å². The molecule has 1 aromatic carbocycles. The van der Waals surface area contributed by atoms with Gasteiger partial charge >= 0.3 is 0 Å². The lowest BCUT2D eigenvalue weighted by atomic mass is 10.1. The third kappa shape index (κ3) is 4.95. The second-order valence-electron chi connectivity index (χ2n) is 3.97. The molecule has 0 radical (unpaired) electrons. The van der Waals surface area contributed by atoms with Crippen LogP contribution < -0.4 is 11.1 Å². The summed E-state index contributed by atoms with van der Waals surface area (Å²) in [5.74, 6) is -0.0394. The molecule has 0 bridgehead atoms. The number of rotatable bonds is 6. The van der Waals surface area contributed by atoms with Crippen molar-refractivity contribution in [3.8, 4) is 0 Å². The highest BCUT2D eigenvalue weighted by Crippen LogP contribution is 2.02. The molecule has 1 aromatic rings. The van der Waals surface area contributed by atoms with Crippen LogP contribution in [-0.2, 0) is 11.2 Å². The van der Waals surface area contributed by atoms with Crippen LogP contribution in [0.4, 0.5) is 0 Å². The normalized spacial score (nSPS) is 11.8. The molecule has 3 N–H and O–H groups in total. The van der Waals surface area contributed by atoms with Gasteiger partial charge < -0.3 is 11.1 Å². The van der Waals surface area contributed by atoms with Gasteiger partial charge in [0.15, 0.2) is 0 Å². The Balaban J connectivity index is 2.51. The van der Waals surface area contributed by atoms with Gasteiger partial charge in [0.1, 0.15) is 0 Å². The maximum Gasteiger partial charge on any atom is 0.224 e. The number of carbonyl (C=O) groups excluding carboxylic acids is 1. The predicted octanol–water partition coefficient (Wildman–Crippen LogP) is 1.80. The van der Waals surface area contributed by atoms with Crippen LogP contribution >= 0.6 is 12.2 Å². The minimum atomic E-state index is -0.189. The number of nitrogens with one attached hydrogen (secondary N) is 1. The van der Waals surface area contributed by atoms with Gasteiger partial charge in [-0.25, -0.2) is 0 Å². The highest BCUT2D eigenvalue weighted by Gasteiger charge is 2.13. The second kappa shape index (κ2) is 7.01. The molecule has 4 heteroatoms. The van der Waals surface area contributed by atoms with E-state index in [1.165, 1.54) is 0 Å². The van der Waals surface area contributed by atoms with Crippen molar-refractivity contribution in [2.75, 3.05) is 0 Å². The van der Waals surface area contributed by atoms with Gasteiger partial charge in [-0.05, 0) is 12.0 Å². The Morgan fingerprint density at radius 3 is 2.59 bits per heavy atom. The fourth-order valence-electron chi connectivity index (χ4n) is 1.60. The van der Waals surface area contributed by atoms with E-state index >= 15 is 0 Å². The SMILES string of the molecule is CCCC(NC(=O)Cc1ccccc1)C(N)=S. The second-order valence-corrected chi connectivity index (χ2v) is 4.44. The number of amides is 1. The topological polar surface area (TPSA) is 55.1 Å². The van der Waals surface area contributed by atoms with Crippen molar-refractivity contribution in [2.45, 2.75) is 32.2 Å². The summed E-state index contributed by atoms with van der Waals surface area (Å²) >= 11 is 4.93. The Bertz CT molecular complexity index is 378. The number of hydrogen-bond donors (Lipinski definition) is 2. The van der Waals surface area contributed by atoms with Crippen LogP contribution in [-0.4, -0.2) is 16.9 Å². The Morgan fingerprint density at radius 1 is 1.41 bits per heavy atom. The van der Waals surface area contributed by atoms with Gasteiger partial charge in [-0.3, -0.25) is 4.79 Å². The predicted molar refractivity (Wildman–Crippen MR) is 73.8 cm³/mol. The van der Waals surface area contributed by atoms with E-state index in [9.17, 15) is 4.79 Å². The summed E-state index contributed by atoms with van der Waals surface area (Å²) in [5, 5.41) is 2.86. The maximum absolute atomic E-state index is 11.8. The molecule has 1 unspecified atom stereocenters. The standard InChI is InChI=1S/C13H18N2OS/c1-2-6-11(13(14)17)15-12(16)9-10-7-4-3-5-8-10/h3-5,7-8,11H,2,6,9H2,1H3,(H2,14,17)(H,15,16). The molecule has 0 saturated carbocycles. The molecule has 92 valence electrons. The van der Waals surface area contributed by atoms with Crippen LogP contribution in [0.3, 0.4) is 0 Å². The first kappa shape index (κ1) is 13.6. The number of thiocarbonyl (C=S) groups is 1. The highest BCUT2D eigenvalue weighted by atomic mass is 32.1. The summed E-state index contributed by atoms with van der Waals surface area (Å²) < 4.78 is 0. The lowest BCUT2D eigenvalue weighted by Gasteiger charge is -2.16. The van der Waals surface area contributed by atoms with Crippen LogP contribution in [0.25, 0.3) is 0 Å². The van der Waals surface area contributed by atoms with Crippen molar-refractivity contribution in [1.29, 1.82) is 0 Å². The minimum Gasteiger partial charge on any atom is -0.392 e. The highest BCUT2D eigenvalue weighted by molar-refractivity contribution is 7.80. The Labute approximate surface area is 107 Å². The number of hydrogen-bond acceptors (Lipinski definition) is 2. The fraction of sp³-hybridized carbons (Fsp3) is 0.385. The van der Waals surface area contributed by atoms with E-state index < -0.39 is 0 Å². The zero-order valence-corrected chi connectivity index (χ0v) is 10.8. The van der Waals surface area contributed by atoms with Gasteiger partial charge in [0.05, 0.1) is 17.5 Å². The minimum absolute atomic E-state index is 0.0394. The van der Waals surface area contributed by atoms with Crippen molar-refractivity contribution in [3.05, 3.63) is 35.9 Å². The summed E-state index contributed by atoms with van der Waals surface area (Å²) in [4.78, 5) is 12.1. The van der Waals surface area contributed by atoms with Crippen LogP contribution in [0.5, 0.6) is 0 Å². The van der Waals surface area contributed by atoms with Crippen LogP contribution in [0.15, 0.2) is 30.3 Å². The largest absolute Gasteiger partial charge is 0.392 e. The van der Waals surface area contributed by atoms with Gasteiger partial charge in [0.25, 0.3) is 0 Å².